The van der Waals surface area contributed by atoms with Crippen molar-refractivity contribution in [3.63, 3.8) is 0 Å². The Morgan fingerprint density at radius 3 is 2.19 bits per heavy atom. The lowest BCUT2D eigenvalue weighted by Gasteiger charge is -2.25. The Bertz CT molecular complexity index is 1410. The highest BCUT2D eigenvalue weighted by atomic mass is 32.2. The smallest absolute Gasteiger partial charge is 0.403 e. The first-order valence-electron chi connectivity index (χ1n) is 10.8. The number of sulfone groups is 1. The second-order valence-electron chi connectivity index (χ2n) is 8.37. The Kier molecular flexibility index (Phi) is 6.62. The van der Waals surface area contributed by atoms with Gasteiger partial charge in [0.2, 0.25) is 5.89 Å². The molecule has 1 aliphatic rings. The molecule has 3 aromatic rings. The highest BCUT2D eigenvalue weighted by Crippen LogP contribution is 2.33. The van der Waals surface area contributed by atoms with Crippen LogP contribution in [-0.4, -0.2) is 42.4 Å². The van der Waals surface area contributed by atoms with Crippen molar-refractivity contribution in [1.82, 2.24) is 10.2 Å². The molecular formula is C23H23F3N6O3S. The highest BCUT2D eigenvalue weighted by Gasteiger charge is 2.37. The summed E-state index contributed by atoms with van der Waals surface area (Å²) in [7, 11) is -3.43. The third-order valence-corrected chi connectivity index (χ3v) is 7.75. The van der Waals surface area contributed by atoms with E-state index in [4.69, 9.17) is 15.9 Å². The number of nitrogens with zero attached hydrogens (tertiary/aromatic N) is 4. The number of anilines is 1. The number of halogens is 3. The first-order chi connectivity index (χ1) is 16.9. The summed E-state index contributed by atoms with van der Waals surface area (Å²) in [5.41, 5.74) is 12.6. The molecule has 0 unspecified atom stereocenters. The number of hydrogen-bond acceptors (Lipinski definition) is 9. The second kappa shape index (κ2) is 9.39. The molecular weight excluding hydrogens is 497 g/mol. The zero-order chi connectivity index (χ0) is 26.3. The Morgan fingerprint density at radius 1 is 1.00 bits per heavy atom. The minimum absolute atomic E-state index is 0.0732. The van der Waals surface area contributed by atoms with Crippen molar-refractivity contribution in [1.29, 1.82) is 0 Å². The third kappa shape index (κ3) is 4.97. The maximum atomic E-state index is 12.9. The molecule has 190 valence electrons. The standard InChI is InChI=1S/C23H23F3N6O3S/c1-13(2)36(33,34)17-9-7-14(8-10-17)18-11-29-19(27)12-32(18)22-31-30-21(35-22)16-5-3-15(4-6-16)20(28)23(24,25)26/h3-11,13,20H,12,28H2,1-2H3,(H2,27,29)/t20-/m0/s1. The van der Waals surface area contributed by atoms with E-state index < -0.39 is 27.3 Å². The summed E-state index contributed by atoms with van der Waals surface area (Å²) in [5, 5.41) is 7.50. The van der Waals surface area contributed by atoms with Gasteiger partial charge in [-0.05, 0) is 49.2 Å². The molecule has 0 saturated heterocycles. The average Bonchev–Trinajstić information content (AvgIpc) is 3.33. The molecule has 13 heteroatoms. The summed E-state index contributed by atoms with van der Waals surface area (Å²) < 4.78 is 69.3. The fraction of sp³-hybridized carbons (Fsp3) is 0.261. The van der Waals surface area contributed by atoms with E-state index in [1.165, 1.54) is 42.6 Å². The molecule has 0 saturated carbocycles. The van der Waals surface area contributed by atoms with Crippen molar-refractivity contribution >= 4 is 27.4 Å². The average molecular weight is 521 g/mol. The van der Waals surface area contributed by atoms with Gasteiger partial charge in [0, 0.05) is 5.56 Å². The summed E-state index contributed by atoms with van der Waals surface area (Å²) in [6, 6.07) is 9.61. The van der Waals surface area contributed by atoms with Crippen molar-refractivity contribution < 1.29 is 26.0 Å². The van der Waals surface area contributed by atoms with Gasteiger partial charge < -0.3 is 15.9 Å². The Hall–Kier alpha value is -3.71. The molecule has 0 bridgehead atoms. The van der Waals surface area contributed by atoms with Gasteiger partial charge in [-0.15, -0.1) is 5.10 Å². The molecule has 1 aromatic heterocycles. The minimum Gasteiger partial charge on any atom is -0.403 e. The summed E-state index contributed by atoms with van der Waals surface area (Å²) in [6.45, 7) is 3.34. The molecule has 1 atom stereocenters. The van der Waals surface area contributed by atoms with E-state index in [1.54, 1.807) is 30.9 Å². The number of hydrogen-bond donors (Lipinski definition) is 2. The van der Waals surface area contributed by atoms with E-state index in [0.29, 0.717) is 16.8 Å². The molecule has 2 aromatic carbocycles. The van der Waals surface area contributed by atoms with Gasteiger partial charge in [0.25, 0.3) is 0 Å². The molecule has 4 N–H and O–H groups in total. The number of amidine groups is 1. The Labute approximate surface area is 205 Å². The van der Waals surface area contributed by atoms with E-state index in [0.717, 1.165) is 0 Å². The molecule has 0 spiro atoms. The lowest BCUT2D eigenvalue weighted by Crippen LogP contribution is -2.35. The zero-order valence-corrected chi connectivity index (χ0v) is 20.1. The van der Waals surface area contributed by atoms with Gasteiger partial charge in [-0.1, -0.05) is 29.4 Å². The number of alkyl halides is 3. The molecule has 4 rings (SSSR count). The van der Waals surface area contributed by atoms with Crippen LogP contribution in [0.2, 0.25) is 0 Å². The lowest BCUT2D eigenvalue weighted by atomic mass is 10.1. The van der Waals surface area contributed by atoms with E-state index in [2.05, 4.69) is 15.2 Å². The van der Waals surface area contributed by atoms with Crippen molar-refractivity contribution in [2.45, 2.75) is 36.2 Å². The predicted molar refractivity (Wildman–Crippen MR) is 128 cm³/mol. The number of nitrogens with two attached hydrogens (primary N) is 2. The normalized spacial score (nSPS) is 15.6. The van der Waals surface area contributed by atoms with Crippen LogP contribution in [0.4, 0.5) is 19.2 Å². The first kappa shape index (κ1) is 25.4. The van der Waals surface area contributed by atoms with E-state index in [-0.39, 0.29) is 34.7 Å². The topological polar surface area (TPSA) is 141 Å². The summed E-state index contributed by atoms with van der Waals surface area (Å²) in [4.78, 5) is 5.96. The highest BCUT2D eigenvalue weighted by molar-refractivity contribution is 7.92. The molecule has 0 aliphatic carbocycles. The Morgan fingerprint density at radius 2 is 1.61 bits per heavy atom. The maximum absolute atomic E-state index is 12.9. The van der Waals surface area contributed by atoms with Crippen molar-refractivity contribution in [2.24, 2.45) is 16.5 Å². The van der Waals surface area contributed by atoms with Crippen LogP contribution in [0.1, 0.15) is 31.0 Å². The zero-order valence-electron chi connectivity index (χ0n) is 19.3. The van der Waals surface area contributed by atoms with Gasteiger partial charge in [-0.25, -0.2) is 13.4 Å². The Balaban J connectivity index is 1.61. The molecule has 1 aliphatic heterocycles. The van der Waals surface area contributed by atoms with Crippen LogP contribution >= 0.6 is 0 Å². The molecule has 9 nitrogen and oxygen atoms in total. The van der Waals surface area contributed by atoms with Crippen LogP contribution in [0.25, 0.3) is 17.2 Å². The number of rotatable bonds is 6. The lowest BCUT2D eigenvalue weighted by molar-refractivity contribution is -0.149. The predicted octanol–water partition coefficient (Wildman–Crippen LogP) is 3.66. The summed E-state index contributed by atoms with van der Waals surface area (Å²) in [5.74, 6) is 0.360. The quantitative estimate of drug-likeness (QED) is 0.502. The van der Waals surface area contributed by atoms with Crippen LogP contribution in [0.15, 0.2) is 69.0 Å². The van der Waals surface area contributed by atoms with Crippen molar-refractivity contribution in [3.8, 4) is 11.5 Å². The SMILES string of the molecule is CC(C)S(=O)(=O)c1ccc(C2=CN=C(N)CN2c2nnc(-c3ccc([C@H](N)C(F)(F)F)cc3)o2)cc1. The number of benzene rings is 2. The summed E-state index contributed by atoms with van der Waals surface area (Å²) >= 11 is 0. The van der Waals surface area contributed by atoms with E-state index >= 15 is 0 Å². The van der Waals surface area contributed by atoms with Gasteiger partial charge in [0.1, 0.15) is 11.9 Å². The maximum Gasteiger partial charge on any atom is 0.407 e. The molecule has 0 amide bonds. The third-order valence-electron chi connectivity index (χ3n) is 5.58. The fourth-order valence-corrected chi connectivity index (χ4v) is 4.51. The van der Waals surface area contributed by atoms with Crippen molar-refractivity contribution in [3.05, 3.63) is 65.9 Å². The van der Waals surface area contributed by atoms with Crippen molar-refractivity contribution in [2.75, 3.05) is 11.4 Å². The van der Waals surface area contributed by atoms with Crippen LogP contribution in [0.3, 0.4) is 0 Å². The fourth-order valence-electron chi connectivity index (χ4n) is 3.45. The van der Waals surface area contributed by atoms with Gasteiger partial charge in [0.15, 0.2) is 9.84 Å². The number of aliphatic imine (C=N–C) groups is 1. The van der Waals surface area contributed by atoms with Gasteiger partial charge >= 0.3 is 12.2 Å². The van der Waals surface area contributed by atoms with Crippen LogP contribution in [0.5, 0.6) is 0 Å². The largest absolute Gasteiger partial charge is 0.407 e. The molecule has 0 fully saturated rings. The molecule has 36 heavy (non-hydrogen) atoms. The van der Waals surface area contributed by atoms with Gasteiger partial charge in [-0.2, -0.15) is 13.2 Å². The number of aromatic nitrogens is 2. The van der Waals surface area contributed by atoms with Gasteiger partial charge in [-0.3, -0.25) is 4.90 Å². The van der Waals surface area contributed by atoms with E-state index in [1.807, 2.05) is 0 Å². The van der Waals surface area contributed by atoms with Gasteiger partial charge in [0.05, 0.1) is 28.6 Å². The monoisotopic (exact) mass is 520 g/mol. The molecule has 0 radical (unpaired) electrons. The minimum atomic E-state index is -4.56. The van der Waals surface area contributed by atoms with Crippen LogP contribution in [-0.2, 0) is 9.84 Å². The summed E-state index contributed by atoms with van der Waals surface area (Å²) in [6.07, 6.45) is -3.06. The first-order valence-corrected chi connectivity index (χ1v) is 12.3. The van der Waals surface area contributed by atoms with E-state index in [9.17, 15) is 21.6 Å². The second-order valence-corrected chi connectivity index (χ2v) is 10.9. The van der Waals surface area contributed by atoms with Crippen LogP contribution in [0, 0.1) is 0 Å². The molecule has 2 heterocycles. The van der Waals surface area contributed by atoms with Crippen LogP contribution < -0.4 is 16.4 Å².